The van der Waals surface area contributed by atoms with Crippen molar-refractivity contribution in [1.82, 2.24) is 5.32 Å². The molecule has 0 fully saturated rings. The lowest BCUT2D eigenvalue weighted by Gasteiger charge is -2.17. The van der Waals surface area contributed by atoms with E-state index < -0.39 is 10.8 Å². The molecule has 0 aromatic heterocycles. The monoisotopic (exact) mass is 273 g/mol. The van der Waals surface area contributed by atoms with Gasteiger partial charge in [-0.25, -0.2) is 0 Å². The van der Waals surface area contributed by atoms with Crippen molar-refractivity contribution in [1.29, 1.82) is 0 Å². The Morgan fingerprint density at radius 1 is 1.41 bits per heavy atom. The molecule has 1 rings (SSSR count). The first-order valence-corrected chi connectivity index (χ1v) is 7.88. The minimum absolute atomic E-state index is 0.280. The van der Waals surface area contributed by atoms with Crippen molar-refractivity contribution in [2.75, 3.05) is 18.6 Å². The number of benzene rings is 1. The average Bonchev–Trinajstić information content (AvgIpc) is 2.25. The van der Waals surface area contributed by atoms with Crippen LogP contribution in [0.5, 0.6) is 0 Å². The quantitative estimate of drug-likeness (QED) is 0.864. The van der Waals surface area contributed by atoms with Crippen LogP contribution < -0.4 is 5.32 Å². The third kappa shape index (κ3) is 5.66. The van der Waals surface area contributed by atoms with Crippen molar-refractivity contribution in [3.8, 4) is 0 Å². The molecule has 1 aromatic rings. The molecule has 4 heteroatoms. The highest BCUT2D eigenvalue weighted by atomic mass is 35.5. The van der Waals surface area contributed by atoms with Gasteiger partial charge in [-0.2, -0.15) is 0 Å². The maximum Gasteiger partial charge on any atom is 0.0408 e. The molecule has 0 aliphatic rings. The van der Waals surface area contributed by atoms with E-state index in [0.717, 1.165) is 11.6 Å². The predicted octanol–water partition coefficient (Wildman–Crippen LogP) is 2.80. The summed E-state index contributed by atoms with van der Waals surface area (Å²) >= 11 is 5.96. The van der Waals surface area contributed by atoms with Gasteiger partial charge in [0.25, 0.3) is 0 Å². The van der Waals surface area contributed by atoms with Crippen LogP contribution in [0, 0.1) is 0 Å². The van der Waals surface area contributed by atoms with E-state index in [2.05, 4.69) is 25.2 Å². The van der Waals surface area contributed by atoms with Crippen LogP contribution in [0.2, 0.25) is 5.02 Å². The summed E-state index contributed by atoms with van der Waals surface area (Å²) in [6.07, 6.45) is 1.73. The molecule has 0 saturated heterocycles. The Balaban J connectivity index is 2.44. The van der Waals surface area contributed by atoms with E-state index in [1.165, 1.54) is 5.56 Å². The summed E-state index contributed by atoms with van der Waals surface area (Å²) in [4.78, 5) is 0. The lowest BCUT2D eigenvalue weighted by molar-refractivity contribution is 0.549. The van der Waals surface area contributed by atoms with Gasteiger partial charge in [-0.15, -0.1) is 0 Å². The Bertz CT molecular complexity index is 383. The summed E-state index contributed by atoms with van der Waals surface area (Å²) in [5.41, 5.74) is 1.23. The Morgan fingerprint density at radius 2 is 2.12 bits per heavy atom. The second-order valence-corrected chi connectivity index (χ2v) is 6.42. The van der Waals surface area contributed by atoms with Crippen molar-refractivity contribution in [2.45, 2.75) is 25.8 Å². The van der Waals surface area contributed by atoms with Crippen LogP contribution in [0.3, 0.4) is 0 Å². The topological polar surface area (TPSA) is 29.1 Å². The first-order chi connectivity index (χ1) is 7.99. The van der Waals surface area contributed by atoms with Gasteiger partial charge in [0.2, 0.25) is 0 Å². The lowest BCUT2D eigenvalue weighted by Crippen LogP contribution is -2.33. The van der Waals surface area contributed by atoms with Gasteiger partial charge in [-0.3, -0.25) is 4.21 Å². The van der Waals surface area contributed by atoms with E-state index in [1.54, 1.807) is 6.26 Å². The van der Waals surface area contributed by atoms with Crippen LogP contribution >= 0.6 is 11.6 Å². The number of nitrogens with one attached hydrogen (secondary N) is 1. The van der Waals surface area contributed by atoms with Crippen molar-refractivity contribution < 1.29 is 4.21 Å². The molecular weight excluding hydrogens is 254 g/mol. The molecule has 17 heavy (non-hydrogen) atoms. The average molecular weight is 274 g/mol. The van der Waals surface area contributed by atoms with Gasteiger partial charge in [0.05, 0.1) is 0 Å². The van der Waals surface area contributed by atoms with Crippen LogP contribution in [0.1, 0.15) is 25.3 Å². The summed E-state index contributed by atoms with van der Waals surface area (Å²) in [5.74, 6) is 1.10. The van der Waals surface area contributed by atoms with Crippen molar-refractivity contribution in [3.05, 3.63) is 34.9 Å². The minimum atomic E-state index is -0.742. The van der Waals surface area contributed by atoms with Gasteiger partial charge in [0.1, 0.15) is 0 Å². The first-order valence-electron chi connectivity index (χ1n) is 5.78. The van der Waals surface area contributed by atoms with Crippen molar-refractivity contribution in [3.63, 3.8) is 0 Å². The number of halogens is 1. The largest absolute Gasteiger partial charge is 0.313 e. The SMILES string of the molecule is C[C@H](C[S@](C)=O)NC[C@@H](C)c1cccc(Cl)c1. The molecule has 0 bridgehead atoms. The van der Waals surface area contributed by atoms with Crippen LogP contribution in [0.25, 0.3) is 0 Å². The second kappa shape index (κ2) is 7.14. The van der Waals surface area contributed by atoms with Crippen LogP contribution in [0.4, 0.5) is 0 Å². The smallest absolute Gasteiger partial charge is 0.0408 e. The minimum Gasteiger partial charge on any atom is -0.313 e. The van der Waals surface area contributed by atoms with E-state index in [0.29, 0.717) is 11.7 Å². The molecule has 0 aliphatic carbocycles. The third-order valence-electron chi connectivity index (χ3n) is 2.67. The molecule has 1 N–H and O–H groups in total. The fraction of sp³-hybridized carbons (Fsp3) is 0.538. The summed E-state index contributed by atoms with van der Waals surface area (Å²) in [6.45, 7) is 5.10. The Labute approximate surface area is 111 Å². The van der Waals surface area contributed by atoms with E-state index in [4.69, 9.17) is 11.6 Å². The zero-order chi connectivity index (χ0) is 12.8. The standard InChI is InChI=1S/C13H20ClNOS/c1-10(8-15-11(2)9-17(3)16)12-5-4-6-13(14)7-12/h4-7,10-11,15H,8-9H2,1-3H3/t10-,11-,17+/m1/s1. The van der Waals surface area contributed by atoms with Gasteiger partial charge in [-0.05, 0) is 30.5 Å². The Kier molecular flexibility index (Phi) is 6.17. The normalized spacial score (nSPS) is 16.5. The summed E-state index contributed by atoms with van der Waals surface area (Å²) < 4.78 is 11.1. The molecular formula is C13H20ClNOS. The molecule has 0 radical (unpaired) electrons. The second-order valence-electron chi connectivity index (χ2n) is 4.51. The predicted molar refractivity (Wildman–Crippen MR) is 76.3 cm³/mol. The summed E-state index contributed by atoms with van der Waals surface area (Å²) in [7, 11) is -0.742. The first kappa shape index (κ1) is 14.7. The molecule has 0 aliphatic heterocycles. The molecule has 0 amide bonds. The molecule has 3 atom stereocenters. The van der Waals surface area contributed by atoms with E-state index in [-0.39, 0.29) is 6.04 Å². The van der Waals surface area contributed by atoms with Gasteiger partial charge in [-0.1, -0.05) is 30.7 Å². The number of hydrogen-bond donors (Lipinski definition) is 1. The zero-order valence-electron chi connectivity index (χ0n) is 10.6. The van der Waals surface area contributed by atoms with E-state index >= 15 is 0 Å². The third-order valence-corrected chi connectivity index (χ3v) is 3.88. The maximum absolute atomic E-state index is 11.1. The Morgan fingerprint density at radius 3 is 2.71 bits per heavy atom. The highest BCUT2D eigenvalue weighted by molar-refractivity contribution is 7.84. The van der Waals surface area contributed by atoms with Crippen molar-refractivity contribution >= 4 is 22.4 Å². The lowest BCUT2D eigenvalue weighted by atomic mass is 10.0. The molecule has 2 nitrogen and oxygen atoms in total. The maximum atomic E-state index is 11.1. The fourth-order valence-electron chi connectivity index (χ4n) is 1.72. The highest BCUT2D eigenvalue weighted by Crippen LogP contribution is 2.18. The number of rotatable bonds is 6. The molecule has 96 valence electrons. The summed E-state index contributed by atoms with van der Waals surface area (Å²) in [5, 5.41) is 4.17. The zero-order valence-corrected chi connectivity index (χ0v) is 12.1. The molecule has 0 unspecified atom stereocenters. The highest BCUT2D eigenvalue weighted by Gasteiger charge is 2.09. The molecule has 1 aromatic carbocycles. The number of hydrogen-bond acceptors (Lipinski definition) is 2. The molecule has 0 saturated carbocycles. The van der Waals surface area contributed by atoms with Crippen molar-refractivity contribution in [2.24, 2.45) is 0 Å². The molecule has 0 spiro atoms. The van der Waals surface area contributed by atoms with E-state index in [9.17, 15) is 4.21 Å². The molecule has 0 heterocycles. The summed E-state index contributed by atoms with van der Waals surface area (Å²) in [6, 6.07) is 8.21. The van der Waals surface area contributed by atoms with E-state index in [1.807, 2.05) is 18.2 Å². The van der Waals surface area contributed by atoms with Gasteiger partial charge in [0, 0.05) is 40.4 Å². The Hall–Kier alpha value is -0.380. The van der Waals surface area contributed by atoms with Crippen LogP contribution in [0.15, 0.2) is 24.3 Å². The fourth-order valence-corrected chi connectivity index (χ4v) is 2.74. The van der Waals surface area contributed by atoms with Crippen LogP contribution in [-0.4, -0.2) is 28.8 Å². The van der Waals surface area contributed by atoms with Gasteiger partial charge in [0.15, 0.2) is 0 Å². The van der Waals surface area contributed by atoms with Crippen LogP contribution in [-0.2, 0) is 10.8 Å². The van der Waals surface area contributed by atoms with Gasteiger partial charge >= 0.3 is 0 Å². The van der Waals surface area contributed by atoms with Gasteiger partial charge < -0.3 is 5.32 Å².